The molecule has 0 atom stereocenters. The highest BCUT2D eigenvalue weighted by Gasteiger charge is 2.34. The Bertz CT molecular complexity index is 890. The quantitative estimate of drug-likeness (QED) is 0.856. The summed E-state index contributed by atoms with van der Waals surface area (Å²) in [5.74, 6) is -1.03. The Kier molecular flexibility index (Phi) is 4.50. The van der Waals surface area contributed by atoms with E-state index in [-0.39, 0.29) is 18.1 Å². The molecule has 0 radical (unpaired) electrons. The van der Waals surface area contributed by atoms with Gasteiger partial charge in [0.15, 0.2) is 0 Å². The standard InChI is InChI=1S/C18H12ClF3N2O2/c1-10-12-4-2-3-5-13(12)17(26)24(10)9-16(25)23-11-6-7-15(19)14(8-11)18(20,21)22/h2-8H,1,9H2,(H,23,25). The summed E-state index contributed by atoms with van der Waals surface area (Å²) in [6.45, 7) is 3.44. The number of anilines is 1. The number of halogens is 4. The van der Waals surface area contributed by atoms with Gasteiger partial charge < -0.3 is 5.32 Å². The maximum atomic E-state index is 12.9. The summed E-state index contributed by atoms with van der Waals surface area (Å²) < 4.78 is 38.7. The Balaban J connectivity index is 1.75. The van der Waals surface area contributed by atoms with E-state index in [1.807, 2.05) is 0 Å². The number of alkyl halides is 3. The Morgan fingerprint density at radius 2 is 1.81 bits per heavy atom. The molecule has 2 amide bonds. The number of nitrogens with one attached hydrogen (secondary N) is 1. The molecular weight excluding hydrogens is 369 g/mol. The van der Waals surface area contributed by atoms with Crippen LogP contribution in [0, 0.1) is 0 Å². The third kappa shape index (κ3) is 3.30. The number of hydrogen-bond donors (Lipinski definition) is 1. The van der Waals surface area contributed by atoms with E-state index in [0.29, 0.717) is 16.8 Å². The highest BCUT2D eigenvalue weighted by Crippen LogP contribution is 2.36. The molecule has 0 fully saturated rings. The van der Waals surface area contributed by atoms with E-state index >= 15 is 0 Å². The zero-order valence-electron chi connectivity index (χ0n) is 13.2. The first kappa shape index (κ1) is 18.0. The second-order valence-corrected chi connectivity index (χ2v) is 6.03. The predicted octanol–water partition coefficient (Wildman–Crippen LogP) is 4.42. The van der Waals surface area contributed by atoms with Crippen molar-refractivity contribution in [3.63, 3.8) is 0 Å². The van der Waals surface area contributed by atoms with Gasteiger partial charge in [-0.2, -0.15) is 13.2 Å². The molecule has 3 rings (SSSR count). The minimum atomic E-state index is -4.64. The fraction of sp³-hybridized carbons (Fsp3) is 0.111. The number of benzene rings is 2. The third-order valence-corrected chi connectivity index (χ3v) is 4.23. The van der Waals surface area contributed by atoms with Gasteiger partial charge in [0.1, 0.15) is 6.54 Å². The Morgan fingerprint density at radius 3 is 2.42 bits per heavy atom. The fourth-order valence-electron chi connectivity index (χ4n) is 2.67. The van der Waals surface area contributed by atoms with Crippen LogP contribution in [-0.4, -0.2) is 23.3 Å². The highest BCUT2D eigenvalue weighted by molar-refractivity contribution is 6.31. The van der Waals surface area contributed by atoms with Gasteiger partial charge in [-0.15, -0.1) is 0 Å². The zero-order valence-corrected chi connectivity index (χ0v) is 14.0. The van der Waals surface area contributed by atoms with Gasteiger partial charge in [-0.1, -0.05) is 36.4 Å². The van der Waals surface area contributed by atoms with E-state index in [1.165, 1.54) is 11.0 Å². The van der Waals surface area contributed by atoms with Gasteiger partial charge in [0.25, 0.3) is 5.91 Å². The molecule has 0 saturated heterocycles. The number of fused-ring (bicyclic) bond motifs is 1. The monoisotopic (exact) mass is 380 g/mol. The second-order valence-electron chi connectivity index (χ2n) is 5.62. The summed E-state index contributed by atoms with van der Waals surface area (Å²) in [6.07, 6.45) is -4.64. The topological polar surface area (TPSA) is 49.4 Å². The summed E-state index contributed by atoms with van der Waals surface area (Å²) in [6, 6.07) is 9.82. The van der Waals surface area contributed by atoms with Crippen molar-refractivity contribution in [1.29, 1.82) is 0 Å². The Labute approximate surface area is 151 Å². The van der Waals surface area contributed by atoms with E-state index in [0.717, 1.165) is 12.1 Å². The first-order valence-corrected chi connectivity index (χ1v) is 7.83. The molecule has 2 aromatic rings. The molecule has 26 heavy (non-hydrogen) atoms. The van der Waals surface area contributed by atoms with Crippen LogP contribution in [0.5, 0.6) is 0 Å². The van der Waals surface area contributed by atoms with E-state index in [1.54, 1.807) is 24.3 Å². The second kappa shape index (κ2) is 6.49. The van der Waals surface area contributed by atoms with E-state index in [2.05, 4.69) is 11.9 Å². The summed E-state index contributed by atoms with van der Waals surface area (Å²) in [5.41, 5.74) is 0.299. The van der Waals surface area contributed by atoms with Gasteiger partial charge in [0, 0.05) is 22.5 Å². The van der Waals surface area contributed by atoms with Crippen LogP contribution in [0.3, 0.4) is 0 Å². The molecule has 0 aromatic heterocycles. The van der Waals surface area contributed by atoms with Crippen molar-refractivity contribution in [2.45, 2.75) is 6.18 Å². The number of amides is 2. The van der Waals surface area contributed by atoms with Gasteiger partial charge in [0.05, 0.1) is 10.6 Å². The molecule has 1 aliphatic heterocycles. The van der Waals surface area contributed by atoms with Crippen LogP contribution in [0.25, 0.3) is 5.70 Å². The van der Waals surface area contributed by atoms with Crippen molar-refractivity contribution >= 4 is 34.8 Å². The van der Waals surface area contributed by atoms with Crippen molar-refractivity contribution in [1.82, 2.24) is 4.90 Å². The van der Waals surface area contributed by atoms with Gasteiger partial charge in [0.2, 0.25) is 5.91 Å². The lowest BCUT2D eigenvalue weighted by molar-refractivity contribution is -0.137. The van der Waals surface area contributed by atoms with Gasteiger partial charge >= 0.3 is 6.18 Å². The van der Waals surface area contributed by atoms with Crippen molar-refractivity contribution in [2.24, 2.45) is 0 Å². The molecule has 0 aliphatic carbocycles. The lowest BCUT2D eigenvalue weighted by Crippen LogP contribution is -2.32. The Hall–Kier alpha value is -2.80. The molecule has 1 heterocycles. The maximum absolute atomic E-state index is 12.9. The molecule has 0 saturated carbocycles. The smallest absolute Gasteiger partial charge is 0.325 e. The van der Waals surface area contributed by atoms with Gasteiger partial charge in [-0.05, 0) is 24.3 Å². The largest absolute Gasteiger partial charge is 0.417 e. The van der Waals surface area contributed by atoms with Crippen LogP contribution in [0.15, 0.2) is 49.0 Å². The molecule has 2 aromatic carbocycles. The van der Waals surface area contributed by atoms with E-state index in [4.69, 9.17) is 11.6 Å². The number of rotatable bonds is 3. The van der Waals surface area contributed by atoms with Gasteiger partial charge in [-0.3, -0.25) is 14.5 Å². The normalized spacial score (nSPS) is 13.8. The maximum Gasteiger partial charge on any atom is 0.417 e. The minimum absolute atomic E-state index is 0.0681. The first-order chi connectivity index (χ1) is 12.2. The Morgan fingerprint density at radius 1 is 1.15 bits per heavy atom. The number of hydrogen-bond acceptors (Lipinski definition) is 2. The fourth-order valence-corrected chi connectivity index (χ4v) is 2.89. The molecule has 8 heteroatoms. The average molecular weight is 381 g/mol. The van der Waals surface area contributed by atoms with Crippen molar-refractivity contribution in [2.75, 3.05) is 11.9 Å². The van der Waals surface area contributed by atoms with Crippen LogP contribution in [-0.2, 0) is 11.0 Å². The van der Waals surface area contributed by atoms with Crippen LogP contribution < -0.4 is 5.32 Å². The van der Waals surface area contributed by atoms with Crippen LogP contribution in [0.1, 0.15) is 21.5 Å². The lowest BCUT2D eigenvalue weighted by Gasteiger charge is -2.17. The zero-order chi connectivity index (χ0) is 19.1. The molecule has 0 bridgehead atoms. The van der Waals surface area contributed by atoms with Crippen LogP contribution >= 0.6 is 11.6 Å². The predicted molar refractivity (Wildman–Crippen MR) is 91.6 cm³/mol. The molecule has 1 aliphatic rings. The summed E-state index contributed by atoms with van der Waals surface area (Å²) in [7, 11) is 0. The van der Waals surface area contributed by atoms with Crippen molar-refractivity contribution in [3.05, 3.63) is 70.8 Å². The van der Waals surface area contributed by atoms with Crippen molar-refractivity contribution < 1.29 is 22.8 Å². The van der Waals surface area contributed by atoms with Gasteiger partial charge in [-0.25, -0.2) is 0 Å². The molecule has 4 nitrogen and oxygen atoms in total. The molecule has 1 N–H and O–H groups in total. The molecule has 0 spiro atoms. The third-order valence-electron chi connectivity index (χ3n) is 3.90. The molecular formula is C18H12ClF3N2O2. The summed E-state index contributed by atoms with van der Waals surface area (Å²) in [4.78, 5) is 25.7. The number of carbonyl (C=O) groups excluding carboxylic acids is 2. The average Bonchev–Trinajstić information content (AvgIpc) is 2.81. The van der Waals surface area contributed by atoms with E-state index in [9.17, 15) is 22.8 Å². The SMILES string of the molecule is C=C1c2ccccc2C(=O)N1CC(=O)Nc1ccc(Cl)c(C(F)(F)F)c1. The van der Waals surface area contributed by atoms with Crippen molar-refractivity contribution in [3.8, 4) is 0 Å². The summed E-state index contributed by atoms with van der Waals surface area (Å²) in [5, 5.41) is 1.88. The van der Waals surface area contributed by atoms with E-state index < -0.39 is 22.7 Å². The first-order valence-electron chi connectivity index (χ1n) is 7.45. The molecule has 0 unspecified atom stereocenters. The van der Waals surface area contributed by atoms with Crippen LogP contribution in [0.2, 0.25) is 5.02 Å². The number of carbonyl (C=O) groups is 2. The molecule has 134 valence electrons. The lowest BCUT2D eigenvalue weighted by atomic mass is 10.1. The van der Waals surface area contributed by atoms with Crippen LogP contribution in [0.4, 0.5) is 18.9 Å². The number of nitrogens with zero attached hydrogens (tertiary/aromatic N) is 1. The minimum Gasteiger partial charge on any atom is -0.325 e. The summed E-state index contributed by atoms with van der Waals surface area (Å²) >= 11 is 5.55. The highest BCUT2D eigenvalue weighted by atomic mass is 35.5.